The molecule has 3 rings (SSSR count). The quantitative estimate of drug-likeness (QED) is 0.940. The van der Waals surface area contributed by atoms with Crippen LogP contribution in [0.2, 0.25) is 5.02 Å². The van der Waals surface area contributed by atoms with Gasteiger partial charge in [-0.05, 0) is 31.2 Å². The number of aliphatic carboxylic acids is 1. The molecule has 0 amide bonds. The maximum Gasteiger partial charge on any atom is 0.307 e. The Hall–Kier alpha value is -1.85. The normalized spacial score (nSPS) is 19.0. The molecule has 0 bridgehead atoms. The summed E-state index contributed by atoms with van der Waals surface area (Å²) >= 11 is 5.95. The fraction of sp³-hybridized carbons (Fsp3) is 0.333. The third kappa shape index (κ3) is 3.25. The highest BCUT2D eigenvalue weighted by atomic mass is 35.5. The van der Waals surface area contributed by atoms with Gasteiger partial charge in [0, 0.05) is 23.7 Å². The average molecular weight is 307 g/mol. The fourth-order valence-corrected chi connectivity index (χ4v) is 2.73. The summed E-state index contributed by atoms with van der Waals surface area (Å²) in [5, 5.41) is 9.64. The number of benzene rings is 1. The van der Waals surface area contributed by atoms with Crippen LogP contribution in [-0.2, 0) is 11.3 Å². The Morgan fingerprint density at radius 3 is 3.10 bits per heavy atom. The second kappa shape index (κ2) is 5.87. The Labute approximate surface area is 127 Å². The number of rotatable bonds is 4. The first-order valence-corrected chi connectivity index (χ1v) is 7.15. The molecule has 1 aliphatic rings. The van der Waals surface area contributed by atoms with E-state index in [-0.39, 0.29) is 5.92 Å². The van der Waals surface area contributed by atoms with Crippen LogP contribution in [0.4, 0.5) is 0 Å². The van der Waals surface area contributed by atoms with Crippen LogP contribution >= 0.6 is 11.6 Å². The van der Waals surface area contributed by atoms with Gasteiger partial charge in [-0.2, -0.15) is 0 Å². The van der Waals surface area contributed by atoms with Gasteiger partial charge in [-0.1, -0.05) is 17.7 Å². The SMILES string of the molecule is O=C(O)[C@H]1CCN(Cc2coc(-c3cccc(Cl)c3)n2)C1. The van der Waals surface area contributed by atoms with Crippen molar-refractivity contribution in [3.05, 3.63) is 41.2 Å². The molecule has 0 aliphatic carbocycles. The molecule has 21 heavy (non-hydrogen) atoms. The topological polar surface area (TPSA) is 66.6 Å². The van der Waals surface area contributed by atoms with Crippen LogP contribution in [0.3, 0.4) is 0 Å². The standard InChI is InChI=1S/C15H15ClN2O3/c16-12-3-1-2-10(6-12)14-17-13(9-21-14)8-18-5-4-11(7-18)15(19)20/h1-3,6,9,11H,4-5,7-8H2,(H,19,20)/t11-/m0/s1. The Morgan fingerprint density at radius 2 is 2.38 bits per heavy atom. The summed E-state index contributed by atoms with van der Waals surface area (Å²) in [6.07, 6.45) is 2.30. The minimum absolute atomic E-state index is 0.274. The fourth-order valence-electron chi connectivity index (χ4n) is 2.54. The lowest BCUT2D eigenvalue weighted by Gasteiger charge is -2.12. The van der Waals surface area contributed by atoms with Crippen molar-refractivity contribution >= 4 is 17.6 Å². The summed E-state index contributed by atoms with van der Waals surface area (Å²) in [5.74, 6) is -0.469. The van der Waals surface area contributed by atoms with Crippen LogP contribution in [0.25, 0.3) is 11.5 Å². The molecule has 0 spiro atoms. The van der Waals surface area contributed by atoms with E-state index in [0.717, 1.165) is 17.8 Å². The molecule has 1 fully saturated rings. The third-order valence-electron chi connectivity index (χ3n) is 3.63. The number of hydrogen-bond donors (Lipinski definition) is 1. The lowest BCUT2D eigenvalue weighted by molar-refractivity contribution is -0.141. The molecule has 1 aromatic carbocycles. The van der Waals surface area contributed by atoms with E-state index in [1.807, 2.05) is 12.1 Å². The molecule has 0 radical (unpaired) electrons. The summed E-state index contributed by atoms with van der Waals surface area (Å²) in [6.45, 7) is 1.94. The van der Waals surface area contributed by atoms with Gasteiger partial charge in [0.2, 0.25) is 5.89 Å². The van der Waals surface area contributed by atoms with E-state index in [9.17, 15) is 4.79 Å². The molecule has 1 aromatic heterocycles. The summed E-state index contributed by atoms with van der Waals surface area (Å²) in [5.41, 5.74) is 1.63. The number of aromatic nitrogens is 1. The molecule has 0 saturated carbocycles. The van der Waals surface area contributed by atoms with Crippen LogP contribution in [0.1, 0.15) is 12.1 Å². The van der Waals surface area contributed by atoms with Crippen LogP contribution < -0.4 is 0 Å². The highest BCUT2D eigenvalue weighted by Gasteiger charge is 2.28. The predicted octanol–water partition coefficient (Wildman–Crippen LogP) is 2.90. The Kier molecular flexibility index (Phi) is 3.94. The number of hydrogen-bond acceptors (Lipinski definition) is 4. The molecule has 2 heterocycles. The van der Waals surface area contributed by atoms with Crippen molar-refractivity contribution in [3.63, 3.8) is 0 Å². The minimum Gasteiger partial charge on any atom is -0.481 e. The second-order valence-corrected chi connectivity index (χ2v) is 5.65. The molecule has 1 saturated heterocycles. The highest BCUT2D eigenvalue weighted by molar-refractivity contribution is 6.30. The van der Waals surface area contributed by atoms with Crippen molar-refractivity contribution in [2.24, 2.45) is 5.92 Å². The van der Waals surface area contributed by atoms with E-state index in [2.05, 4.69) is 9.88 Å². The zero-order valence-corrected chi connectivity index (χ0v) is 12.1. The molecule has 2 aromatic rings. The van der Waals surface area contributed by atoms with Gasteiger partial charge in [0.05, 0.1) is 11.6 Å². The van der Waals surface area contributed by atoms with Gasteiger partial charge in [-0.15, -0.1) is 0 Å². The molecular formula is C15H15ClN2O3. The van der Waals surface area contributed by atoms with E-state index < -0.39 is 5.97 Å². The average Bonchev–Trinajstić information content (AvgIpc) is 3.08. The van der Waals surface area contributed by atoms with Gasteiger partial charge in [0.15, 0.2) is 0 Å². The summed E-state index contributed by atoms with van der Waals surface area (Å²) < 4.78 is 5.48. The zero-order valence-electron chi connectivity index (χ0n) is 11.3. The smallest absolute Gasteiger partial charge is 0.307 e. The van der Waals surface area contributed by atoms with E-state index in [0.29, 0.717) is 30.4 Å². The largest absolute Gasteiger partial charge is 0.481 e. The van der Waals surface area contributed by atoms with Crippen LogP contribution in [0.5, 0.6) is 0 Å². The third-order valence-corrected chi connectivity index (χ3v) is 3.87. The van der Waals surface area contributed by atoms with E-state index in [1.165, 1.54) is 0 Å². The van der Waals surface area contributed by atoms with Gasteiger partial charge >= 0.3 is 5.97 Å². The number of likely N-dealkylation sites (tertiary alicyclic amines) is 1. The van der Waals surface area contributed by atoms with E-state index in [4.69, 9.17) is 21.1 Å². The van der Waals surface area contributed by atoms with Crippen molar-refractivity contribution in [1.82, 2.24) is 9.88 Å². The molecule has 0 unspecified atom stereocenters. The maximum absolute atomic E-state index is 10.9. The molecule has 5 nitrogen and oxygen atoms in total. The van der Waals surface area contributed by atoms with Crippen molar-refractivity contribution in [2.75, 3.05) is 13.1 Å². The number of oxazole rings is 1. The van der Waals surface area contributed by atoms with Crippen molar-refractivity contribution in [3.8, 4) is 11.5 Å². The first-order chi connectivity index (χ1) is 10.1. The monoisotopic (exact) mass is 306 g/mol. The Morgan fingerprint density at radius 1 is 1.52 bits per heavy atom. The Balaban J connectivity index is 1.67. The van der Waals surface area contributed by atoms with Crippen molar-refractivity contribution in [2.45, 2.75) is 13.0 Å². The summed E-state index contributed by atoms with van der Waals surface area (Å²) in [6, 6.07) is 7.33. The van der Waals surface area contributed by atoms with Crippen molar-refractivity contribution < 1.29 is 14.3 Å². The molecule has 1 atom stereocenters. The van der Waals surface area contributed by atoms with E-state index in [1.54, 1.807) is 18.4 Å². The zero-order chi connectivity index (χ0) is 14.8. The summed E-state index contributed by atoms with van der Waals surface area (Å²) in [7, 11) is 0. The minimum atomic E-state index is -0.725. The number of carbonyl (C=O) groups is 1. The molecule has 110 valence electrons. The van der Waals surface area contributed by atoms with Gasteiger partial charge in [0.25, 0.3) is 0 Å². The van der Waals surface area contributed by atoms with Crippen molar-refractivity contribution in [1.29, 1.82) is 0 Å². The van der Waals surface area contributed by atoms with Gasteiger partial charge in [-0.3, -0.25) is 9.69 Å². The van der Waals surface area contributed by atoms with Gasteiger partial charge < -0.3 is 9.52 Å². The number of carboxylic acids is 1. The number of carboxylic acid groups (broad SMARTS) is 1. The van der Waals surface area contributed by atoms with Gasteiger partial charge in [-0.25, -0.2) is 4.98 Å². The molecule has 6 heteroatoms. The summed E-state index contributed by atoms with van der Waals surface area (Å²) in [4.78, 5) is 17.5. The molecular weight excluding hydrogens is 292 g/mol. The Bertz CT molecular complexity index is 656. The second-order valence-electron chi connectivity index (χ2n) is 5.21. The first kappa shape index (κ1) is 14.1. The van der Waals surface area contributed by atoms with Crippen LogP contribution in [-0.4, -0.2) is 34.0 Å². The van der Waals surface area contributed by atoms with Crippen LogP contribution in [0.15, 0.2) is 34.9 Å². The molecule has 1 N–H and O–H groups in total. The molecule has 1 aliphatic heterocycles. The predicted molar refractivity (Wildman–Crippen MR) is 78.0 cm³/mol. The van der Waals surface area contributed by atoms with Crippen LogP contribution in [0, 0.1) is 5.92 Å². The number of halogens is 1. The highest BCUT2D eigenvalue weighted by Crippen LogP contribution is 2.24. The van der Waals surface area contributed by atoms with Gasteiger partial charge in [0.1, 0.15) is 6.26 Å². The lowest BCUT2D eigenvalue weighted by Crippen LogP contribution is -2.22. The maximum atomic E-state index is 10.9. The first-order valence-electron chi connectivity index (χ1n) is 6.77. The number of nitrogens with zero attached hydrogens (tertiary/aromatic N) is 2. The lowest BCUT2D eigenvalue weighted by atomic mass is 10.1. The van der Waals surface area contributed by atoms with E-state index >= 15 is 0 Å².